The number of rotatable bonds is 4. The molecule has 1 fully saturated rings. The largest absolute Gasteiger partial charge is 0.359 e. The summed E-state index contributed by atoms with van der Waals surface area (Å²) in [6.07, 6.45) is 7.29. The van der Waals surface area contributed by atoms with E-state index in [0.717, 1.165) is 24.1 Å². The van der Waals surface area contributed by atoms with Crippen LogP contribution in [0.15, 0.2) is 34.3 Å². The molecule has 5 nitrogen and oxygen atoms in total. The van der Waals surface area contributed by atoms with Gasteiger partial charge in [0.15, 0.2) is 14.9 Å². The minimum Gasteiger partial charge on any atom is -0.359 e. The molecule has 0 bridgehead atoms. The van der Waals surface area contributed by atoms with Crippen LogP contribution in [0.25, 0.3) is 0 Å². The summed E-state index contributed by atoms with van der Waals surface area (Å²) < 4.78 is 22.9. The maximum atomic E-state index is 11.5. The molecule has 0 aromatic heterocycles. The van der Waals surface area contributed by atoms with Gasteiger partial charge < -0.3 is 5.32 Å². The van der Waals surface area contributed by atoms with E-state index in [1.54, 1.807) is 24.3 Å². The van der Waals surface area contributed by atoms with E-state index in [-0.39, 0.29) is 0 Å². The van der Waals surface area contributed by atoms with E-state index in [4.69, 9.17) is 12.2 Å². The molecule has 126 valence electrons. The van der Waals surface area contributed by atoms with Crippen molar-refractivity contribution in [1.82, 2.24) is 10.7 Å². The van der Waals surface area contributed by atoms with Crippen molar-refractivity contribution in [2.75, 3.05) is 6.26 Å². The zero-order valence-corrected chi connectivity index (χ0v) is 15.1. The molecule has 0 heterocycles. The van der Waals surface area contributed by atoms with Gasteiger partial charge in [-0.15, -0.1) is 0 Å². The van der Waals surface area contributed by atoms with Crippen LogP contribution < -0.4 is 10.7 Å². The molecule has 2 N–H and O–H groups in total. The van der Waals surface area contributed by atoms with E-state index in [9.17, 15) is 8.42 Å². The first-order valence-electron chi connectivity index (χ1n) is 7.77. The summed E-state index contributed by atoms with van der Waals surface area (Å²) in [5.41, 5.74) is 4.46. The average Bonchev–Trinajstić information content (AvgIpc) is 2.53. The molecule has 1 aliphatic rings. The predicted octanol–water partition coefficient (Wildman–Crippen LogP) is 2.61. The quantitative estimate of drug-likeness (QED) is 0.495. The van der Waals surface area contributed by atoms with Crippen LogP contribution in [0.1, 0.15) is 44.6 Å². The summed E-state index contributed by atoms with van der Waals surface area (Å²) in [6.45, 7) is 1.85. The van der Waals surface area contributed by atoms with Crippen LogP contribution in [-0.4, -0.2) is 31.5 Å². The molecule has 0 amide bonds. The summed E-state index contributed by atoms with van der Waals surface area (Å²) in [5, 5.41) is 8.09. The first kappa shape index (κ1) is 17.9. The van der Waals surface area contributed by atoms with E-state index in [1.807, 2.05) is 6.92 Å². The maximum Gasteiger partial charge on any atom is 0.187 e. The number of hydrazone groups is 1. The fraction of sp³-hybridized carbons (Fsp3) is 0.500. The lowest BCUT2D eigenvalue weighted by atomic mass is 9.96. The van der Waals surface area contributed by atoms with Crippen molar-refractivity contribution >= 4 is 32.9 Å². The summed E-state index contributed by atoms with van der Waals surface area (Å²) in [7, 11) is -3.17. The van der Waals surface area contributed by atoms with Crippen LogP contribution in [0.5, 0.6) is 0 Å². The van der Waals surface area contributed by atoms with E-state index in [0.29, 0.717) is 16.0 Å². The van der Waals surface area contributed by atoms with Crippen molar-refractivity contribution in [3.8, 4) is 0 Å². The van der Waals surface area contributed by atoms with E-state index in [2.05, 4.69) is 15.8 Å². The molecule has 0 saturated heterocycles. The molecule has 0 atom stereocenters. The number of sulfone groups is 1. The number of nitrogens with one attached hydrogen (secondary N) is 2. The van der Waals surface area contributed by atoms with Gasteiger partial charge in [0.2, 0.25) is 0 Å². The van der Waals surface area contributed by atoms with Crippen molar-refractivity contribution < 1.29 is 8.42 Å². The molecule has 2 rings (SSSR count). The van der Waals surface area contributed by atoms with Crippen LogP contribution in [0, 0.1) is 0 Å². The van der Waals surface area contributed by atoms with Gasteiger partial charge in [-0.05, 0) is 49.7 Å². The molecule has 1 aromatic rings. The third kappa shape index (κ3) is 5.58. The minimum absolute atomic E-state index is 0.302. The lowest BCUT2D eigenvalue weighted by molar-refractivity contribution is 0.412. The van der Waals surface area contributed by atoms with Crippen LogP contribution in [-0.2, 0) is 9.84 Å². The molecule has 0 aliphatic heterocycles. The highest BCUT2D eigenvalue weighted by Gasteiger charge is 2.13. The van der Waals surface area contributed by atoms with Gasteiger partial charge in [0.1, 0.15) is 0 Å². The highest BCUT2D eigenvalue weighted by Crippen LogP contribution is 2.17. The van der Waals surface area contributed by atoms with Gasteiger partial charge >= 0.3 is 0 Å². The molecule has 1 saturated carbocycles. The first-order chi connectivity index (χ1) is 10.9. The molecular formula is C16H23N3O2S2. The predicted molar refractivity (Wildman–Crippen MR) is 97.5 cm³/mol. The summed E-state index contributed by atoms with van der Waals surface area (Å²) in [4.78, 5) is 0.302. The number of hydrogen-bond donors (Lipinski definition) is 2. The second-order valence-corrected chi connectivity index (χ2v) is 8.34. The first-order valence-corrected chi connectivity index (χ1v) is 10.1. The molecular weight excluding hydrogens is 330 g/mol. The molecule has 7 heteroatoms. The second-order valence-electron chi connectivity index (χ2n) is 5.91. The molecule has 23 heavy (non-hydrogen) atoms. The Hall–Kier alpha value is -1.47. The molecule has 0 unspecified atom stereocenters. The van der Waals surface area contributed by atoms with Crippen molar-refractivity contribution in [3.63, 3.8) is 0 Å². The fourth-order valence-corrected chi connectivity index (χ4v) is 3.45. The van der Waals surface area contributed by atoms with E-state index in [1.165, 1.54) is 25.5 Å². The van der Waals surface area contributed by atoms with Crippen molar-refractivity contribution in [2.24, 2.45) is 5.10 Å². The fourth-order valence-electron chi connectivity index (χ4n) is 2.61. The third-order valence-electron chi connectivity index (χ3n) is 3.97. The highest BCUT2D eigenvalue weighted by atomic mass is 32.2. The Kier molecular flexibility index (Phi) is 6.12. The van der Waals surface area contributed by atoms with Gasteiger partial charge in [0.25, 0.3) is 0 Å². The van der Waals surface area contributed by atoms with Crippen LogP contribution in [0.2, 0.25) is 0 Å². The summed E-state index contributed by atoms with van der Waals surface area (Å²) in [5.74, 6) is 0. The number of hydrogen-bond acceptors (Lipinski definition) is 4. The Labute approximate surface area is 143 Å². The minimum atomic E-state index is -3.17. The Bertz CT molecular complexity index is 676. The van der Waals surface area contributed by atoms with E-state index < -0.39 is 9.84 Å². The SMILES string of the molecule is C/C(=N/NC(=S)NC1CCCCC1)c1ccc(S(C)(=O)=O)cc1. The zero-order chi connectivity index (χ0) is 16.9. The number of thiocarbonyl (C=S) groups is 1. The van der Waals surface area contributed by atoms with Gasteiger partial charge in [-0.25, -0.2) is 8.42 Å². The molecule has 0 radical (unpaired) electrons. The zero-order valence-electron chi connectivity index (χ0n) is 13.5. The molecule has 1 aliphatic carbocycles. The standard InChI is InChI=1S/C16H23N3O2S2/c1-12(13-8-10-15(11-9-13)23(2,20)21)18-19-16(22)17-14-6-4-3-5-7-14/h8-11,14H,3-7H2,1-2H3,(H2,17,19,22)/b18-12-. The normalized spacial score (nSPS) is 16.9. The lowest BCUT2D eigenvalue weighted by Crippen LogP contribution is -2.41. The Morgan fingerprint density at radius 3 is 2.35 bits per heavy atom. The number of benzene rings is 1. The van der Waals surface area contributed by atoms with Gasteiger partial charge in [0, 0.05) is 12.3 Å². The van der Waals surface area contributed by atoms with Gasteiger partial charge in [-0.3, -0.25) is 5.43 Å². The third-order valence-corrected chi connectivity index (χ3v) is 5.30. The maximum absolute atomic E-state index is 11.5. The van der Waals surface area contributed by atoms with Gasteiger partial charge in [-0.2, -0.15) is 5.10 Å². The summed E-state index contributed by atoms with van der Waals surface area (Å²) >= 11 is 5.26. The van der Waals surface area contributed by atoms with Crippen molar-refractivity contribution in [3.05, 3.63) is 29.8 Å². The van der Waals surface area contributed by atoms with Gasteiger partial charge in [-0.1, -0.05) is 31.4 Å². The molecule has 1 aromatic carbocycles. The molecule has 0 spiro atoms. The summed E-state index contributed by atoms with van der Waals surface area (Å²) in [6, 6.07) is 7.10. The van der Waals surface area contributed by atoms with Crippen molar-refractivity contribution in [1.29, 1.82) is 0 Å². The Morgan fingerprint density at radius 1 is 1.17 bits per heavy atom. The number of nitrogens with zero attached hydrogens (tertiary/aromatic N) is 1. The van der Waals surface area contributed by atoms with Crippen molar-refractivity contribution in [2.45, 2.75) is 50.0 Å². The lowest BCUT2D eigenvalue weighted by Gasteiger charge is -2.23. The highest BCUT2D eigenvalue weighted by molar-refractivity contribution is 7.90. The van der Waals surface area contributed by atoms with E-state index >= 15 is 0 Å². The topological polar surface area (TPSA) is 70.6 Å². The second kappa shape index (κ2) is 7.88. The van der Waals surface area contributed by atoms with Gasteiger partial charge in [0.05, 0.1) is 10.6 Å². The van der Waals surface area contributed by atoms with Crippen LogP contribution >= 0.6 is 12.2 Å². The van der Waals surface area contributed by atoms with Crippen LogP contribution in [0.4, 0.5) is 0 Å². The van der Waals surface area contributed by atoms with Crippen LogP contribution in [0.3, 0.4) is 0 Å². The Morgan fingerprint density at radius 2 is 1.78 bits per heavy atom. The average molecular weight is 354 g/mol. The smallest absolute Gasteiger partial charge is 0.187 e. The monoisotopic (exact) mass is 353 g/mol. The Balaban J connectivity index is 1.92.